The topological polar surface area (TPSA) is 91.7 Å². The Kier molecular flexibility index (Phi) is 8.20. The maximum absolute atomic E-state index is 13.9. The van der Waals surface area contributed by atoms with E-state index in [1.165, 1.54) is 16.2 Å². The van der Waals surface area contributed by atoms with Crippen LogP contribution < -0.4 is 15.5 Å². The van der Waals surface area contributed by atoms with Crippen LogP contribution in [0.15, 0.2) is 82.8 Å². The summed E-state index contributed by atoms with van der Waals surface area (Å²) in [6.07, 6.45) is 1.54. The number of rotatable bonds is 9. The van der Waals surface area contributed by atoms with Crippen LogP contribution >= 0.6 is 11.3 Å². The average Bonchev–Trinajstić information content (AvgIpc) is 3.61. The second-order valence-corrected chi connectivity index (χ2v) is 9.72. The summed E-state index contributed by atoms with van der Waals surface area (Å²) in [5.41, 5.74) is 4.01. The fourth-order valence-electron chi connectivity index (χ4n) is 4.17. The minimum atomic E-state index is -0.971. The largest absolute Gasteiger partial charge is 0.467 e. The third kappa shape index (κ3) is 6.16. The van der Waals surface area contributed by atoms with E-state index in [-0.39, 0.29) is 24.9 Å². The summed E-state index contributed by atoms with van der Waals surface area (Å²) in [5, 5.41) is 7.44. The molecule has 0 bridgehead atoms. The van der Waals surface area contributed by atoms with Crippen molar-refractivity contribution in [2.45, 2.75) is 33.4 Å². The molecule has 3 amide bonds. The molecule has 0 aliphatic rings. The molecule has 37 heavy (non-hydrogen) atoms. The molecule has 0 aliphatic carbocycles. The van der Waals surface area contributed by atoms with Gasteiger partial charge in [0.25, 0.3) is 5.91 Å². The Hall–Kier alpha value is -4.17. The number of carbonyl (C=O) groups excluding carboxylic acids is 3. The number of thiophene rings is 1. The molecule has 0 unspecified atom stereocenters. The van der Waals surface area contributed by atoms with Crippen LogP contribution in [0.4, 0.5) is 5.69 Å². The lowest BCUT2D eigenvalue weighted by Gasteiger charge is -2.33. The Bertz CT molecular complexity index is 1340. The number of benzene rings is 2. The third-order valence-electron chi connectivity index (χ3n) is 6.01. The van der Waals surface area contributed by atoms with Crippen molar-refractivity contribution in [3.05, 3.63) is 111 Å². The van der Waals surface area contributed by atoms with Crippen molar-refractivity contribution in [1.82, 2.24) is 10.6 Å². The number of hydrogen-bond acceptors (Lipinski definition) is 5. The maximum atomic E-state index is 13.9. The summed E-state index contributed by atoms with van der Waals surface area (Å²) in [6, 6.07) is 19.3. The molecule has 0 spiro atoms. The Labute approximate surface area is 220 Å². The van der Waals surface area contributed by atoms with Crippen LogP contribution in [0.3, 0.4) is 0 Å². The number of anilines is 1. The van der Waals surface area contributed by atoms with Crippen LogP contribution in [-0.2, 0) is 16.1 Å². The third-order valence-corrected chi connectivity index (χ3v) is 6.88. The van der Waals surface area contributed by atoms with Gasteiger partial charge in [-0.15, -0.1) is 11.3 Å². The lowest BCUT2D eigenvalue weighted by Crippen LogP contribution is -2.48. The van der Waals surface area contributed by atoms with E-state index in [1.807, 2.05) is 63.2 Å². The standard InChI is InChI=1S/C29H29N3O4S/c1-19-11-13-22(14-12-19)27(29(35)30-17-23-9-5-15-36-23)32(26-20(2)7-4-8-21(26)3)25(33)18-31-28(34)24-10-6-16-37-24/h4-16,27H,17-18H2,1-3H3,(H,30,35)(H,31,34)/t27-/m1/s1. The normalized spacial score (nSPS) is 11.5. The predicted molar refractivity (Wildman–Crippen MR) is 145 cm³/mol. The molecule has 7 nitrogen and oxygen atoms in total. The number of nitrogens with zero attached hydrogens (tertiary/aromatic N) is 1. The highest BCUT2D eigenvalue weighted by Gasteiger charge is 2.34. The van der Waals surface area contributed by atoms with Crippen molar-refractivity contribution in [3.63, 3.8) is 0 Å². The lowest BCUT2D eigenvalue weighted by atomic mass is 9.99. The second kappa shape index (κ2) is 11.7. The second-order valence-electron chi connectivity index (χ2n) is 8.77. The molecule has 0 saturated heterocycles. The van der Waals surface area contributed by atoms with Crippen molar-refractivity contribution >= 4 is 34.7 Å². The van der Waals surface area contributed by atoms with Gasteiger partial charge in [-0.3, -0.25) is 19.3 Å². The van der Waals surface area contributed by atoms with Gasteiger partial charge in [-0.05, 0) is 61.0 Å². The van der Waals surface area contributed by atoms with Gasteiger partial charge >= 0.3 is 0 Å². The number of para-hydroxylation sites is 1. The van der Waals surface area contributed by atoms with Gasteiger partial charge in [-0.25, -0.2) is 0 Å². The fourth-order valence-corrected chi connectivity index (χ4v) is 4.81. The molecule has 190 valence electrons. The molecule has 8 heteroatoms. The van der Waals surface area contributed by atoms with Gasteiger partial charge in [-0.1, -0.05) is 54.1 Å². The van der Waals surface area contributed by atoms with Gasteiger partial charge in [0, 0.05) is 0 Å². The predicted octanol–water partition coefficient (Wildman–Crippen LogP) is 5.09. The summed E-state index contributed by atoms with van der Waals surface area (Å²) >= 11 is 1.30. The Morgan fingerprint density at radius 1 is 0.892 bits per heavy atom. The van der Waals surface area contributed by atoms with E-state index in [2.05, 4.69) is 10.6 Å². The van der Waals surface area contributed by atoms with Gasteiger partial charge in [0.15, 0.2) is 0 Å². The first-order valence-electron chi connectivity index (χ1n) is 11.9. The van der Waals surface area contributed by atoms with Gasteiger partial charge in [0.1, 0.15) is 11.8 Å². The van der Waals surface area contributed by atoms with E-state index in [9.17, 15) is 14.4 Å². The average molecular weight is 516 g/mol. The van der Waals surface area contributed by atoms with Crippen molar-refractivity contribution in [2.24, 2.45) is 0 Å². The minimum absolute atomic E-state index is 0.179. The SMILES string of the molecule is Cc1ccc([C@H](C(=O)NCc2ccco2)N(C(=O)CNC(=O)c2cccs2)c2c(C)cccc2C)cc1. The van der Waals surface area contributed by atoms with E-state index in [0.29, 0.717) is 21.9 Å². The molecular formula is C29H29N3O4S. The van der Waals surface area contributed by atoms with Crippen molar-refractivity contribution in [2.75, 3.05) is 11.4 Å². The minimum Gasteiger partial charge on any atom is -0.467 e. The number of carbonyl (C=O) groups is 3. The summed E-state index contributed by atoms with van der Waals surface area (Å²) in [6.45, 7) is 5.68. The highest BCUT2D eigenvalue weighted by molar-refractivity contribution is 7.12. The zero-order chi connectivity index (χ0) is 26.4. The summed E-state index contributed by atoms with van der Waals surface area (Å²) < 4.78 is 5.37. The Morgan fingerprint density at radius 2 is 1.62 bits per heavy atom. The molecule has 4 aromatic rings. The molecule has 0 fully saturated rings. The molecule has 2 N–H and O–H groups in total. The first-order valence-corrected chi connectivity index (χ1v) is 12.8. The summed E-state index contributed by atoms with van der Waals surface area (Å²) in [7, 11) is 0. The molecule has 0 radical (unpaired) electrons. The smallest absolute Gasteiger partial charge is 0.261 e. The van der Waals surface area contributed by atoms with Crippen LogP contribution in [0.1, 0.15) is 43.7 Å². The van der Waals surface area contributed by atoms with Gasteiger partial charge in [-0.2, -0.15) is 0 Å². The van der Waals surface area contributed by atoms with Crippen LogP contribution in [-0.4, -0.2) is 24.3 Å². The van der Waals surface area contributed by atoms with Gasteiger partial charge < -0.3 is 15.1 Å². The molecular weight excluding hydrogens is 486 g/mol. The highest BCUT2D eigenvalue weighted by atomic mass is 32.1. The first-order chi connectivity index (χ1) is 17.8. The van der Waals surface area contributed by atoms with Gasteiger partial charge in [0.05, 0.1) is 29.9 Å². The number of aryl methyl sites for hydroxylation is 3. The van der Waals surface area contributed by atoms with Crippen LogP contribution in [0.5, 0.6) is 0 Å². The molecule has 0 aliphatic heterocycles. The Balaban J connectivity index is 1.72. The molecule has 1 atom stereocenters. The Morgan fingerprint density at radius 3 is 2.24 bits per heavy atom. The van der Waals surface area contributed by atoms with E-state index in [1.54, 1.807) is 35.9 Å². The van der Waals surface area contributed by atoms with Crippen molar-refractivity contribution in [1.29, 1.82) is 0 Å². The molecule has 2 heterocycles. The van der Waals surface area contributed by atoms with Crippen molar-refractivity contribution < 1.29 is 18.8 Å². The number of nitrogens with one attached hydrogen (secondary N) is 2. The molecule has 2 aromatic carbocycles. The summed E-state index contributed by atoms with van der Waals surface area (Å²) in [4.78, 5) is 42.2. The zero-order valence-electron chi connectivity index (χ0n) is 21.0. The summed E-state index contributed by atoms with van der Waals surface area (Å²) in [5.74, 6) is -0.495. The van der Waals surface area contributed by atoms with Gasteiger partial charge in [0.2, 0.25) is 11.8 Å². The number of amides is 3. The molecule has 2 aromatic heterocycles. The van der Waals surface area contributed by atoms with Crippen LogP contribution in [0.25, 0.3) is 0 Å². The fraction of sp³-hybridized carbons (Fsp3) is 0.207. The number of hydrogen-bond donors (Lipinski definition) is 2. The quantitative estimate of drug-likeness (QED) is 0.325. The zero-order valence-corrected chi connectivity index (χ0v) is 21.8. The monoisotopic (exact) mass is 515 g/mol. The van der Waals surface area contributed by atoms with E-state index >= 15 is 0 Å². The highest BCUT2D eigenvalue weighted by Crippen LogP contribution is 2.33. The van der Waals surface area contributed by atoms with Crippen LogP contribution in [0, 0.1) is 20.8 Å². The van der Waals surface area contributed by atoms with E-state index in [0.717, 1.165) is 16.7 Å². The van der Waals surface area contributed by atoms with Crippen molar-refractivity contribution in [3.8, 4) is 0 Å². The molecule has 0 saturated carbocycles. The van der Waals surface area contributed by atoms with Crippen LogP contribution in [0.2, 0.25) is 0 Å². The van der Waals surface area contributed by atoms with E-state index < -0.39 is 11.9 Å². The number of furan rings is 1. The maximum Gasteiger partial charge on any atom is 0.261 e. The van der Waals surface area contributed by atoms with E-state index in [4.69, 9.17) is 4.42 Å². The first kappa shape index (κ1) is 25.9. The lowest BCUT2D eigenvalue weighted by molar-refractivity contribution is -0.126. The molecule has 4 rings (SSSR count).